The summed E-state index contributed by atoms with van der Waals surface area (Å²) in [5.74, 6) is -1.85. The minimum Gasteiger partial charge on any atom is -0.389 e. The predicted molar refractivity (Wildman–Crippen MR) is 114 cm³/mol. The molecule has 32 heavy (non-hydrogen) atoms. The number of benzene rings is 3. The van der Waals surface area contributed by atoms with Crippen LogP contribution < -0.4 is 5.32 Å². The largest absolute Gasteiger partial charge is 0.389 e. The molecule has 1 unspecified atom stereocenters. The normalized spacial score (nSPS) is 11.9. The number of amides is 1. The van der Waals surface area contributed by atoms with E-state index >= 15 is 0 Å². The van der Waals surface area contributed by atoms with E-state index in [1.54, 1.807) is 0 Å². The molecule has 0 saturated heterocycles. The van der Waals surface area contributed by atoms with Crippen molar-refractivity contribution in [3.8, 4) is 0 Å². The second-order valence-corrected chi connectivity index (χ2v) is 7.30. The van der Waals surface area contributed by atoms with E-state index in [9.17, 15) is 19.1 Å². The van der Waals surface area contributed by atoms with E-state index in [0.29, 0.717) is 5.56 Å². The van der Waals surface area contributed by atoms with E-state index in [2.05, 4.69) is 15.5 Å². The van der Waals surface area contributed by atoms with E-state index in [1.807, 2.05) is 42.5 Å². The number of aromatic nitrogens is 2. The van der Waals surface area contributed by atoms with E-state index < -0.39 is 30.0 Å². The predicted octanol–water partition coefficient (Wildman–Crippen LogP) is 3.18. The average molecular weight is 433 g/mol. The molecule has 1 atom stereocenters. The van der Waals surface area contributed by atoms with Crippen molar-refractivity contribution in [2.24, 2.45) is 0 Å². The zero-order valence-corrected chi connectivity index (χ0v) is 17.0. The number of fused-ring (bicyclic) bond motifs is 1. The Kier molecular flexibility index (Phi) is 6.32. The monoisotopic (exact) mass is 433 g/mol. The maximum Gasteiger partial charge on any atom is 0.251 e. The Balaban J connectivity index is 1.47. The van der Waals surface area contributed by atoms with Gasteiger partial charge in [-0.25, -0.2) is 4.39 Å². The standard InChI is InChI=1S/C24H20FN3O4/c25-19-9-7-17(8-10-19)23(31)26-13-22-27-24(32-28-22)20(21(30)14-29)12-15-5-6-16-3-1-2-4-18(16)11-15/h1-11,20,29H,12-14H2,(H,26,31). The molecule has 0 saturated carbocycles. The number of ketones is 1. The molecule has 0 aliphatic rings. The van der Waals surface area contributed by atoms with Crippen LogP contribution in [0.5, 0.6) is 0 Å². The van der Waals surface area contributed by atoms with E-state index in [0.717, 1.165) is 16.3 Å². The van der Waals surface area contributed by atoms with Crippen LogP contribution in [0.1, 0.15) is 33.6 Å². The topological polar surface area (TPSA) is 105 Å². The second kappa shape index (κ2) is 9.49. The van der Waals surface area contributed by atoms with Gasteiger partial charge in [0.15, 0.2) is 11.6 Å². The average Bonchev–Trinajstić information content (AvgIpc) is 3.29. The lowest BCUT2D eigenvalue weighted by Crippen LogP contribution is -2.23. The van der Waals surface area contributed by atoms with Gasteiger partial charge >= 0.3 is 0 Å². The number of hydrogen-bond donors (Lipinski definition) is 2. The Morgan fingerprint density at radius 2 is 1.78 bits per heavy atom. The molecule has 0 radical (unpaired) electrons. The molecular formula is C24H20FN3O4. The third-order valence-electron chi connectivity index (χ3n) is 5.09. The van der Waals surface area contributed by atoms with E-state index in [1.165, 1.54) is 24.3 Å². The Morgan fingerprint density at radius 1 is 1.03 bits per heavy atom. The van der Waals surface area contributed by atoms with Crippen molar-refractivity contribution in [3.05, 3.63) is 95.4 Å². The molecule has 1 aromatic heterocycles. The first kappa shape index (κ1) is 21.3. The Labute approximate surface area is 182 Å². The van der Waals surface area contributed by atoms with E-state index in [-0.39, 0.29) is 24.7 Å². The summed E-state index contributed by atoms with van der Waals surface area (Å²) in [6.07, 6.45) is 0.286. The van der Waals surface area contributed by atoms with Crippen LogP contribution in [0.2, 0.25) is 0 Å². The number of aliphatic hydroxyl groups is 1. The first-order chi connectivity index (χ1) is 15.5. The van der Waals surface area contributed by atoms with Crippen LogP contribution in [0.3, 0.4) is 0 Å². The van der Waals surface area contributed by atoms with Gasteiger partial charge in [0.05, 0.1) is 6.54 Å². The van der Waals surface area contributed by atoms with Gasteiger partial charge in [0.2, 0.25) is 5.89 Å². The van der Waals surface area contributed by atoms with Crippen molar-refractivity contribution in [1.29, 1.82) is 0 Å². The molecule has 0 fully saturated rings. The number of hydrogen-bond acceptors (Lipinski definition) is 6. The van der Waals surface area contributed by atoms with Gasteiger partial charge in [0.25, 0.3) is 5.91 Å². The summed E-state index contributed by atoms with van der Waals surface area (Å²) >= 11 is 0. The molecular weight excluding hydrogens is 413 g/mol. The molecule has 0 aliphatic carbocycles. The first-order valence-corrected chi connectivity index (χ1v) is 10.0. The van der Waals surface area contributed by atoms with Crippen LogP contribution in [-0.4, -0.2) is 33.5 Å². The molecule has 2 N–H and O–H groups in total. The highest BCUT2D eigenvalue weighted by atomic mass is 19.1. The van der Waals surface area contributed by atoms with Gasteiger partial charge in [-0.1, -0.05) is 47.6 Å². The molecule has 4 rings (SSSR count). The third-order valence-corrected chi connectivity index (χ3v) is 5.09. The highest BCUT2D eigenvalue weighted by molar-refractivity contribution is 5.94. The summed E-state index contributed by atoms with van der Waals surface area (Å²) in [7, 11) is 0. The fourth-order valence-corrected chi connectivity index (χ4v) is 3.39. The number of rotatable bonds is 8. The summed E-state index contributed by atoms with van der Waals surface area (Å²) < 4.78 is 18.3. The van der Waals surface area contributed by atoms with E-state index in [4.69, 9.17) is 4.52 Å². The zero-order chi connectivity index (χ0) is 22.5. The maximum absolute atomic E-state index is 13.0. The maximum atomic E-state index is 13.0. The minimum atomic E-state index is -0.810. The van der Waals surface area contributed by atoms with Gasteiger partial charge in [-0.15, -0.1) is 0 Å². The summed E-state index contributed by atoms with van der Waals surface area (Å²) in [5.41, 5.74) is 1.18. The highest BCUT2D eigenvalue weighted by Crippen LogP contribution is 2.24. The highest BCUT2D eigenvalue weighted by Gasteiger charge is 2.26. The lowest BCUT2D eigenvalue weighted by molar-refractivity contribution is -0.123. The third kappa shape index (κ3) is 4.87. The number of halogens is 1. The molecule has 162 valence electrons. The molecule has 8 heteroatoms. The molecule has 3 aromatic carbocycles. The minimum absolute atomic E-state index is 0.0320. The summed E-state index contributed by atoms with van der Waals surface area (Å²) in [6.45, 7) is -0.688. The summed E-state index contributed by atoms with van der Waals surface area (Å²) in [4.78, 5) is 28.8. The fourth-order valence-electron chi connectivity index (χ4n) is 3.39. The van der Waals surface area contributed by atoms with Gasteiger partial charge in [0, 0.05) is 5.56 Å². The number of carbonyl (C=O) groups excluding carboxylic acids is 2. The van der Waals surface area contributed by atoms with Crippen LogP contribution in [0, 0.1) is 5.82 Å². The summed E-state index contributed by atoms with van der Waals surface area (Å²) in [6, 6.07) is 18.9. The van der Waals surface area contributed by atoms with Crippen molar-refractivity contribution in [3.63, 3.8) is 0 Å². The number of carbonyl (C=O) groups is 2. The number of nitrogens with zero attached hydrogens (tertiary/aromatic N) is 2. The van der Waals surface area contributed by atoms with Crippen LogP contribution >= 0.6 is 0 Å². The first-order valence-electron chi connectivity index (χ1n) is 10.0. The molecule has 7 nitrogen and oxygen atoms in total. The molecule has 1 heterocycles. The van der Waals surface area contributed by atoms with Gasteiger partial charge in [0.1, 0.15) is 18.3 Å². The lowest BCUT2D eigenvalue weighted by atomic mass is 9.94. The summed E-state index contributed by atoms with van der Waals surface area (Å²) in [5, 5.41) is 18.0. The fraction of sp³-hybridized carbons (Fsp3) is 0.167. The molecule has 0 bridgehead atoms. The van der Waals surface area contributed by atoms with Crippen LogP contribution in [0.15, 0.2) is 71.3 Å². The van der Waals surface area contributed by atoms with Crippen molar-refractivity contribution < 1.29 is 23.6 Å². The van der Waals surface area contributed by atoms with Crippen LogP contribution in [-0.2, 0) is 17.8 Å². The Bertz CT molecular complexity index is 1250. The molecule has 0 spiro atoms. The molecule has 4 aromatic rings. The SMILES string of the molecule is O=C(NCc1noc(C(Cc2ccc3ccccc3c2)C(=O)CO)n1)c1ccc(F)cc1. The van der Waals surface area contributed by atoms with Gasteiger partial charge in [-0.3, -0.25) is 9.59 Å². The van der Waals surface area contributed by atoms with Crippen molar-refractivity contribution in [2.45, 2.75) is 18.9 Å². The van der Waals surface area contributed by atoms with Gasteiger partial charge in [-0.2, -0.15) is 4.98 Å². The van der Waals surface area contributed by atoms with Gasteiger partial charge in [-0.05, 0) is 47.0 Å². The van der Waals surface area contributed by atoms with Crippen molar-refractivity contribution in [1.82, 2.24) is 15.5 Å². The number of aliphatic hydroxyl groups excluding tert-OH is 1. The van der Waals surface area contributed by atoms with Gasteiger partial charge < -0.3 is 14.9 Å². The van der Waals surface area contributed by atoms with Crippen LogP contribution in [0.4, 0.5) is 4.39 Å². The molecule has 1 amide bonds. The second-order valence-electron chi connectivity index (χ2n) is 7.30. The lowest BCUT2D eigenvalue weighted by Gasteiger charge is -2.11. The van der Waals surface area contributed by atoms with Crippen molar-refractivity contribution in [2.75, 3.05) is 6.61 Å². The Hall–Kier alpha value is -3.91. The number of nitrogens with one attached hydrogen (secondary N) is 1. The zero-order valence-electron chi connectivity index (χ0n) is 17.0. The number of Topliss-reactive ketones (excluding diaryl/α,β-unsaturated/α-hetero) is 1. The smallest absolute Gasteiger partial charge is 0.251 e. The van der Waals surface area contributed by atoms with Crippen LogP contribution in [0.25, 0.3) is 10.8 Å². The van der Waals surface area contributed by atoms with Crippen molar-refractivity contribution >= 4 is 22.5 Å². The molecule has 0 aliphatic heterocycles. The quantitative estimate of drug-likeness (QED) is 0.442. The Morgan fingerprint density at radius 3 is 2.53 bits per heavy atom.